The highest BCUT2D eigenvalue weighted by Gasteiger charge is 2.13. The predicted octanol–water partition coefficient (Wildman–Crippen LogP) is 0.488. The van der Waals surface area contributed by atoms with Gasteiger partial charge < -0.3 is 4.74 Å². The van der Waals surface area contributed by atoms with Crippen molar-refractivity contribution in [2.75, 3.05) is 6.61 Å². The van der Waals surface area contributed by atoms with Crippen LogP contribution in [0.15, 0.2) is 0 Å². The molecule has 0 aromatic carbocycles. The second kappa shape index (κ2) is 5.46. The third-order valence-electron chi connectivity index (χ3n) is 1.31. The van der Waals surface area contributed by atoms with Gasteiger partial charge in [-0.05, 0) is 0 Å². The van der Waals surface area contributed by atoms with Gasteiger partial charge in [0.2, 0.25) is 5.78 Å². The molecule has 0 amide bonds. The summed E-state index contributed by atoms with van der Waals surface area (Å²) in [5, 5.41) is 0. The zero-order valence-corrected chi connectivity index (χ0v) is 7.25. The molecule has 0 aliphatic heterocycles. The lowest BCUT2D eigenvalue weighted by atomic mass is 10.3. The van der Waals surface area contributed by atoms with E-state index in [2.05, 4.69) is 4.74 Å². The number of hydrogen-bond donors (Lipinski definition) is 0. The third-order valence-corrected chi connectivity index (χ3v) is 1.31. The van der Waals surface area contributed by atoms with Crippen LogP contribution in [-0.2, 0) is 19.1 Å². The first-order valence-corrected chi connectivity index (χ1v) is 3.83. The summed E-state index contributed by atoms with van der Waals surface area (Å²) in [5.41, 5.74) is 0. The van der Waals surface area contributed by atoms with E-state index >= 15 is 0 Å². The second-order valence-electron chi connectivity index (χ2n) is 2.25. The Hall–Kier alpha value is -1.19. The Morgan fingerprint density at radius 2 is 1.67 bits per heavy atom. The molecule has 0 aliphatic rings. The van der Waals surface area contributed by atoms with E-state index in [0.717, 1.165) is 0 Å². The normalized spacial score (nSPS) is 9.17. The first kappa shape index (κ1) is 10.8. The van der Waals surface area contributed by atoms with Gasteiger partial charge in [0, 0.05) is 12.8 Å². The molecule has 0 unspecified atom stereocenters. The number of Topliss-reactive ketones (excluding diaryl/α,β-unsaturated/α-hetero) is 2. The van der Waals surface area contributed by atoms with Crippen molar-refractivity contribution in [1.29, 1.82) is 0 Å². The van der Waals surface area contributed by atoms with Crippen molar-refractivity contribution in [3.8, 4) is 0 Å². The smallest absolute Gasteiger partial charge is 0.375 e. The largest absolute Gasteiger partial charge is 0.452 e. The topological polar surface area (TPSA) is 60.4 Å². The summed E-state index contributed by atoms with van der Waals surface area (Å²) in [6, 6.07) is 0. The summed E-state index contributed by atoms with van der Waals surface area (Å²) in [6.45, 7) is 2.93. The van der Waals surface area contributed by atoms with Gasteiger partial charge in [0.05, 0.1) is 0 Å². The van der Waals surface area contributed by atoms with Crippen molar-refractivity contribution >= 4 is 17.5 Å². The van der Waals surface area contributed by atoms with Crippen LogP contribution in [0, 0.1) is 0 Å². The maximum Gasteiger partial charge on any atom is 0.375 e. The zero-order chi connectivity index (χ0) is 9.56. The van der Waals surface area contributed by atoms with Crippen LogP contribution in [0.2, 0.25) is 0 Å². The monoisotopic (exact) mass is 172 g/mol. The van der Waals surface area contributed by atoms with Crippen LogP contribution in [0.3, 0.4) is 0 Å². The zero-order valence-electron chi connectivity index (χ0n) is 7.25. The molecule has 0 fully saturated rings. The Morgan fingerprint density at radius 1 is 1.08 bits per heavy atom. The van der Waals surface area contributed by atoms with Gasteiger partial charge in [-0.1, -0.05) is 13.8 Å². The number of hydrogen-bond acceptors (Lipinski definition) is 4. The van der Waals surface area contributed by atoms with E-state index < -0.39 is 11.8 Å². The van der Waals surface area contributed by atoms with Crippen LogP contribution in [0.1, 0.15) is 26.7 Å². The molecule has 0 saturated carbocycles. The molecule has 4 nitrogen and oxygen atoms in total. The number of ether oxygens (including phenoxy) is 1. The minimum atomic E-state index is -0.917. The fraction of sp³-hybridized carbons (Fsp3) is 0.625. The SMILES string of the molecule is CCC(=O)COC(=O)C(=O)CC. The lowest BCUT2D eigenvalue weighted by Crippen LogP contribution is -2.20. The van der Waals surface area contributed by atoms with E-state index in [4.69, 9.17) is 0 Å². The van der Waals surface area contributed by atoms with Crippen LogP contribution < -0.4 is 0 Å². The van der Waals surface area contributed by atoms with Gasteiger partial charge in [0.15, 0.2) is 5.78 Å². The lowest BCUT2D eigenvalue weighted by Gasteiger charge is -1.99. The van der Waals surface area contributed by atoms with E-state index in [9.17, 15) is 14.4 Å². The molecular weight excluding hydrogens is 160 g/mol. The number of ketones is 2. The molecule has 0 rings (SSSR count). The maximum atomic E-state index is 10.7. The molecule has 0 bridgehead atoms. The summed E-state index contributed by atoms with van der Waals surface area (Å²) in [7, 11) is 0. The average Bonchev–Trinajstić information content (AvgIpc) is 2.11. The standard InChI is InChI=1S/C8H12O4/c1-3-6(9)5-12-8(11)7(10)4-2/h3-5H2,1-2H3. The molecule has 4 heteroatoms. The first-order valence-electron chi connectivity index (χ1n) is 3.83. The highest BCUT2D eigenvalue weighted by Crippen LogP contribution is 1.88. The van der Waals surface area contributed by atoms with E-state index in [-0.39, 0.29) is 18.8 Å². The molecule has 0 N–H and O–H groups in total. The lowest BCUT2D eigenvalue weighted by molar-refractivity contribution is -0.155. The van der Waals surface area contributed by atoms with Gasteiger partial charge in [0.1, 0.15) is 6.61 Å². The summed E-state index contributed by atoms with van der Waals surface area (Å²) >= 11 is 0. The molecule has 0 radical (unpaired) electrons. The Labute approximate surface area is 70.9 Å². The van der Waals surface area contributed by atoms with E-state index in [1.807, 2.05) is 0 Å². The van der Waals surface area contributed by atoms with Crippen molar-refractivity contribution in [3.63, 3.8) is 0 Å². The van der Waals surface area contributed by atoms with E-state index in [1.54, 1.807) is 13.8 Å². The Balaban J connectivity index is 3.72. The quantitative estimate of drug-likeness (QED) is 0.447. The molecular formula is C8H12O4. The summed E-state index contributed by atoms with van der Waals surface area (Å²) in [6.07, 6.45) is 0.423. The summed E-state index contributed by atoms with van der Waals surface area (Å²) < 4.78 is 4.41. The summed E-state index contributed by atoms with van der Waals surface area (Å²) in [4.78, 5) is 31.9. The molecule has 0 aliphatic carbocycles. The first-order chi connectivity index (χ1) is 5.61. The third kappa shape index (κ3) is 3.85. The highest BCUT2D eigenvalue weighted by atomic mass is 16.5. The minimum Gasteiger partial charge on any atom is -0.452 e. The Morgan fingerprint density at radius 3 is 2.08 bits per heavy atom. The maximum absolute atomic E-state index is 10.7. The number of carbonyl (C=O) groups is 3. The molecule has 0 saturated heterocycles. The van der Waals surface area contributed by atoms with Gasteiger partial charge in [0.25, 0.3) is 0 Å². The fourth-order valence-electron chi connectivity index (χ4n) is 0.473. The minimum absolute atomic E-state index is 0.110. The van der Waals surface area contributed by atoms with Gasteiger partial charge in [-0.3, -0.25) is 9.59 Å². The van der Waals surface area contributed by atoms with Gasteiger partial charge in [-0.25, -0.2) is 4.79 Å². The van der Waals surface area contributed by atoms with Crippen molar-refractivity contribution in [2.24, 2.45) is 0 Å². The molecule has 12 heavy (non-hydrogen) atoms. The molecule has 0 aromatic heterocycles. The van der Waals surface area contributed by atoms with Crippen LogP contribution in [0.4, 0.5) is 0 Å². The van der Waals surface area contributed by atoms with E-state index in [0.29, 0.717) is 6.42 Å². The van der Waals surface area contributed by atoms with Gasteiger partial charge in [-0.15, -0.1) is 0 Å². The second-order valence-corrected chi connectivity index (χ2v) is 2.25. The molecule has 68 valence electrons. The molecule has 0 aromatic rings. The molecule has 0 spiro atoms. The summed E-state index contributed by atoms with van der Waals surface area (Å²) in [5.74, 6) is -1.70. The highest BCUT2D eigenvalue weighted by molar-refractivity contribution is 6.33. The molecule has 0 atom stereocenters. The Bertz CT molecular complexity index is 195. The van der Waals surface area contributed by atoms with Crippen molar-refractivity contribution < 1.29 is 19.1 Å². The molecule has 0 heterocycles. The van der Waals surface area contributed by atoms with Gasteiger partial charge >= 0.3 is 5.97 Å². The Kier molecular flexibility index (Phi) is 4.92. The number of esters is 1. The number of rotatable bonds is 5. The van der Waals surface area contributed by atoms with Gasteiger partial charge in [-0.2, -0.15) is 0 Å². The number of carbonyl (C=O) groups excluding carboxylic acids is 3. The van der Waals surface area contributed by atoms with Crippen LogP contribution in [0.25, 0.3) is 0 Å². The van der Waals surface area contributed by atoms with E-state index in [1.165, 1.54) is 0 Å². The van der Waals surface area contributed by atoms with Crippen LogP contribution >= 0.6 is 0 Å². The average molecular weight is 172 g/mol. The van der Waals surface area contributed by atoms with Crippen LogP contribution in [0.5, 0.6) is 0 Å². The fourth-order valence-corrected chi connectivity index (χ4v) is 0.473. The van der Waals surface area contributed by atoms with Crippen molar-refractivity contribution in [1.82, 2.24) is 0 Å². The predicted molar refractivity (Wildman–Crippen MR) is 41.6 cm³/mol. The van der Waals surface area contributed by atoms with Crippen molar-refractivity contribution in [2.45, 2.75) is 26.7 Å². The van der Waals surface area contributed by atoms with Crippen molar-refractivity contribution in [3.05, 3.63) is 0 Å². The van der Waals surface area contributed by atoms with Crippen LogP contribution in [-0.4, -0.2) is 24.1 Å².